The van der Waals surface area contributed by atoms with E-state index in [1.54, 1.807) is 13.2 Å². The second-order valence-electron chi connectivity index (χ2n) is 7.78. The minimum atomic E-state index is 0.0144. The molecule has 4 rings (SSSR count). The lowest BCUT2D eigenvalue weighted by Crippen LogP contribution is -2.50. The number of rotatable bonds is 3. The van der Waals surface area contributed by atoms with Gasteiger partial charge in [-0.1, -0.05) is 31.0 Å². The van der Waals surface area contributed by atoms with Crippen LogP contribution in [0.15, 0.2) is 53.3 Å². The molecule has 0 radical (unpaired) electrons. The first-order chi connectivity index (χ1) is 13.7. The number of benzene rings is 1. The molecule has 2 aliphatic rings. The number of hydrogen-bond donors (Lipinski definition) is 1. The molecule has 5 heteroatoms. The normalized spacial score (nSPS) is 23.5. The molecule has 2 atom stereocenters. The number of carbonyl (C=O) groups is 1. The number of aliphatic imine (C=N–C) groups is 1. The minimum Gasteiger partial charge on any atom is -0.404 e. The number of amides is 1. The SMILES string of the molecule is CN=C(C(=CN)C(=O)N1CCCC2CCCCC21)c1cccc2ncccc12. The van der Waals surface area contributed by atoms with Crippen LogP contribution in [-0.2, 0) is 4.79 Å². The molecule has 146 valence electrons. The third-order valence-corrected chi connectivity index (χ3v) is 6.28. The monoisotopic (exact) mass is 376 g/mol. The highest BCUT2D eigenvalue weighted by Crippen LogP contribution is 2.36. The number of nitrogens with zero attached hydrogens (tertiary/aromatic N) is 3. The van der Waals surface area contributed by atoms with E-state index < -0.39 is 0 Å². The second-order valence-corrected chi connectivity index (χ2v) is 7.78. The molecule has 1 aliphatic heterocycles. The molecule has 1 aromatic heterocycles. The van der Waals surface area contributed by atoms with E-state index in [2.05, 4.69) is 14.9 Å². The molecule has 1 saturated carbocycles. The summed E-state index contributed by atoms with van der Waals surface area (Å²) in [5.74, 6) is 0.648. The van der Waals surface area contributed by atoms with Crippen molar-refractivity contribution >= 4 is 22.5 Å². The first-order valence-corrected chi connectivity index (χ1v) is 10.3. The Morgan fingerprint density at radius 1 is 1.18 bits per heavy atom. The quantitative estimate of drug-likeness (QED) is 0.656. The summed E-state index contributed by atoms with van der Waals surface area (Å²) < 4.78 is 0. The van der Waals surface area contributed by atoms with Gasteiger partial charge >= 0.3 is 0 Å². The second kappa shape index (κ2) is 8.13. The van der Waals surface area contributed by atoms with Crippen molar-refractivity contribution < 1.29 is 4.79 Å². The number of nitrogens with two attached hydrogens (primary N) is 1. The van der Waals surface area contributed by atoms with E-state index in [0.29, 0.717) is 23.2 Å². The van der Waals surface area contributed by atoms with Crippen LogP contribution in [0.2, 0.25) is 0 Å². The fraction of sp³-hybridized carbons (Fsp3) is 0.435. The first kappa shape index (κ1) is 18.7. The van der Waals surface area contributed by atoms with Crippen molar-refractivity contribution in [1.82, 2.24) is 9.88 Å². The number of carbonyl (C=O) groups excluding carboxylic acids is 1. The Kier molecular flexibility index (Phi) is 5.42. The van der Waals surface area contributed by atoms with Crippen molar-refractivity contribution in [3.8, 4) is 0 Å². The smallest absolute Gasteiger partial charge is 0.257 e. The molecular formula is C23H28N4O. The summed E-state index contributed by atoms with van der Waals surface area (Å²) in [6, 6.07) is 10.2. The molecule has 0 spiro atoms. The fourth-order valence-electron chi connectivity index (χ4n) is 4.98. The molecule has 1 saturated heterocycles. The van der Waals surface area contributed by atoms with Crippen molar-refractivity contribution in [2.75, 3.05) is 13.6 Å². The summed E-state index contributed by atoms with van der Waals surface area (Å²) in [4.78, 5) is 24.6. The molecule has 0 bridgehead atoms. The Labute approximate surface area is 166 Å². The Bertz CT molecular complexity index is 926. The maximum absolute atomic E-state index is 13.6. The summed E-state index contributed by atoms with van der Waals surface area (Å²) in [6.45, 7) is 0.811. The van der Waals surface area contributed by atoms with Gasteiger partial charge in [0.2, 0.25) is 0 Å². The molecule has 2 fully saturated rings. The average molecular weight is 377 g/mol. The fourth-order valence-corrected chi connectivity index (χ4v) is 4.98. The molecule has 2 N–H and O–H groups in total. The predicted molar refractivity (Wildman–Crippen MR) is 113 cm³/mol. The van der Waals surface area contributed by atoms with E-state index in [9.17, 15) is 4.79 Å². The van der Waals surface area contributed by atoms with E-state index in [-0.39, 0.29) is 5.91 Å². The number of aromatic nitrogens is 1. The molecule has 1 aromatic carbocycles. The highest BCUT2D eigenvalue weighted by molar-refractivity contribution is 6.30. The number of hydrogen-bond acceptors (Lipinski definition) is 4. The lowest BCUT2D eigenvalue weighted by atomic mass is 9.78. The van der Waals surface area contributed by atoms with Crippen LogP contribution in [0.5, 0.6) is 0 Å². The van der Waals surface area contributed by atoms with E-state index in [1.165, 1.54) is 31.9 Å². The zero-order valence-corrected chi connectivity index (χ0v) is 16.5. The molecule has 1 aliphatic carbocycles. The van der Waals surface area contributed by atoms with E-state index in [0.717, 1.165) is 35.9 Å². The summed E-state index contributed by atoms with van der Waals surface area (Å²) >= 11 is 0. The van der Waals surface area contributed by atoms with Crippen LogP contribution in [0.25, 0.3) is 10.9 Å². The van der Waals surface area contributed by atoms with Crippen molar-refractivity contribution in [2.24, 2.45) is 16.6 Å². The Morgan fingerprint density at radius 2 is 2.00 bits per heavy atom. The van der Waals surface area contributed by atoms with Gasteiger partial charge in [-0.2, -0.15) is 0 Å². The molecule has 2 unspecified atom stereocenters. The van der Waals surface area contributed by atoms with Gasteiger partial charge in [-0.05, 0) is 43.7 Å². The van der Waals surface area contributed by atoms with Gasteiger partial charge in [-0.25, -0.2) is 0 Å². The topological polar surface area (TPSA) is 71.6 Å². The summed E-state index contributed by atoms with van der Waals surface area (Å²) in [5.41, 5.74) is 8.92. The maximum Gasteiger partial charge on any atom is 0.257 e. The largest absolute Gasteiger partial charge is 0.404 e. The van der Waals surface area contributed by atoms with Crippen LogP contribution < -0.4 is 5.73 Å². The molecule has 28 heavy (non-hydrogen) atoms. The maximum atomic E-state index is 13.6. The Morgan fingerprint density at radius 3 is 2.82 bits per heavy atom. The van der Waals surface area contributed by atoms with Crippen molar-refractivity contribution in [3.63, 3.8) is 0 Å². The van der Waals surface area contributed by atoms with Gasteiger partial charge in [0.1, 0.15) is 0 Å². The minimum absolute atomic E-state index is 0.0144. The molecular weight excluding hydrogens is 348 g/mol. The zero-order valence-electron chi connectivity index (χ0n) is 16.5. The van der Waals surface area contributed by atoms with Gasteiger partial charge in [0.15, 0.2) is 0 Å². The van der Waals surface area contributed by atoms with E-state index >= 15 is 0 Å². The van der Waals surface area contributed by atoms with Gasteiger partial charge < -0.3 is 10.6 Å². The van der Waals surface area contributed by atoms with Crippen LogP contribution in [0.4, 0.5) is 0 Å². The molecule has 2 heterocycles. The average Bonchev–Trinajstić information content (AvgIpc) is 2.76. The summed E-state index contributed by atoms with van der Waals surface area (Å²) in [5, 5.41) is 0.979. The van der Waals surface area contributed by atoms with Gasteiger partial charge in [-0.15, -0.1) is 0 Å². The van der Waals surface area contributed by atoms with E-state index in [4.69, 9.17) is 5.73 Å². The highest BCUT2D eigenvalue weighted by Gasteiger charge is 2.37. The van der Waals surface area contributed by atoms with Crippen molar-refractivity contribution in [1.29, 1.82) is 0 Å². The Balaban J connectivity index is 1.70. The van der Waals surface area contributed by atoms with Crippen molar-refractivity contribution in [3.05, 3.63) is 53.9 Å². The van der Waals surface area contributed by atoms with Crippen molar-refractivity contribution in [2.45, 2.75) is 44.6 Å². The van der Waals surface area contributed by atoms with Crippen LogP contribution >= 0.6 is 0 Å². The first-order valence-electron chi connectivity index (χ1n) is 10.3. The van der Waals surface area contributed by atoms with Crippen LogP contribution in [-0.4, -0.2) is 41.1 Å². The molecule has 2 aromatic rings. The van der Waals surface area contributed by atoms with Gasteiger partial charge in [-0.3, -0.25) is 14.8 Å². The van der Waals surface area contributed by atoms with Gasteiger partial charge in [0.25, 0.3) is 5.91 Å². The summed E-state index contributed by atoms with van der Waals surface area (Å²) in [7, 11) is 1.72. The predicted octanol–water partition coefficient (Wildman–Crippen LogP) is 3.68. The number of likely N-dealkylation sites (tertiary alicyclic amines) is 1. The van der Waals surface area contributed by atoms with Gasteiger partial charge in [0, 0.05) is 43.0 Å². The number of pyridine rings is 1. The van der Waals surface area contributed by atoms with E-state index in [1.807, 2.05) is 30.3 Å². The van der Waals surface area contributed by atoms with Gasteiger partial charge in [0.05, 0.1) is 16.8 Å². The number of fused-ring (bicyclic) bond motifs is 2. The summed E-state index contributed by atoms with van der Waals surface area (Å²) in [6.07, 6.45) is 10.3. The molecule has 5 nitrogen and oxygen atoms in total. The Hall–Kier alpha value is -2.69. The zero-order chi connectivity index (χ0) is 19.5. The lowest BCUT2D eigenvalue weighted by Gasteiger charge is -2.44. The van der Waals surface area contributed by atoms with Crippen LogP contribution in [0.3, 0.4) is 0 Å². The third-order valence-electron chi connectivity index (χ3n) is 6.28. The molecule has 1 amide bonds. The van der Waals surface area contributed by atoms with Crippen LogP contribution in [0.1, 0.15) is 44.1 Å². The lowest BCUT2D eigenvalue weighted by molar-refractivity contribution is -0.132. The van der Waals surface area contributed by atoms with Crippen LogP contribution in [0, 0.1) is 5.92 Å². The third kappa shape index (κ3) is 3.30. The standard InChI is InChI=1S/C23H28N4O/c1-25-22(18-9-4-11-20-17(18)10-5-13-26-20)19(15-24)23(28)27-14-6-8-16-7-2-3-12-21(16)27/h4-5,9-11,13,15-16,21H,2-3,6-8,12,14,24H2,1H3. The number of piperidine rings is 1. The highest BCUT2D eigenvalue weighted by atomic mass is 16.2.